The summed E-state index contributed by atoms with van der Waals surface area (Å²) in [5, 5.41) is 8.77. The number of benzene rings is 3. The molecule has 3 amide bonds. The van der Waals surface area contributed by atoms with E-state index in [-0.39, 0.29) is 11.6 Å². The molecule has 8 nitrogen and oxygen atoms in total. The molecule has 0 fully saturated rings. The predicted octanol–water partition coefficient (Wildman–Crippen LogP) is 8.49. The van der Waals surface area contributed by atoms with Gasteiger partial charge in [0.05, 0.1) is 17.9 Å². The van der Waals surface area contributed by atoms with E-state index >= 15 is 0 Å². The van der Waals surface area contributed by atoms with Gasteiger partial charge in [-0.3, -0.25) is 14.4 Å². The van der Waals surface area contributed by atoms with Crippen molar-refractivity contribution in [3.05, 3.63) is 116 Å². The van der Waals surface area contributed by atoms with Crippen molar-refractivity contribution in [1.29, 1.82) is 0 Å². The molecular weight excluding hydrogens is 710 g/mol. The number of hydrogen-bond donors (Lipinski definition) is 3. The van der Waals surface area contributed by atoms with Gasteiger partial charge >= 0.3 is 5.97 Å². The fourth-order valence-electron chi connectivity index (χ4n) is 5.38. The first-order valence-electron chi connectivity index (χ1n) is 15.7. The highest BCUT2D eigenvalue weighted by Gasteiger charge is 2.28. The summed E-state index contributed by atoms with van der Waals surface area (Å²) in [6.07, 6.45) is 7.01. The average Bonchev–Trinajstić information content (AvgIpc) is 3.26. The lowest BCUT2D eigenvalue weighted by atomic mass is 10.1. The number of methoxy groups -OCH3 is 1. The smallest absolute Gasteiger partial charge is 0.341 e. The highest BCUT2D eigenvalue weighted by Crippen LogP contribution is 2.39. The molecule has 0 aliphatic heterocycles. The molecule has 3 aromatic carbocycles. The maximum absolute atomic E-state index is 13.6. The van der Waals surface area contributed by atoms with E-state index in [0.717, 1.165) is 57.5 Å². The molecule has 11 heteroatoms. The number of carbonyl (C=O) groups is 4. The first kappa shape index (κ1) is 35.1. The Morgan fingerprint density at radius 2 is 1.71 bits per heavy atom. The van der Waals surface area contributed by atoms with Crippen LogP contribution in [0, 0.1) is 0 Å². The number of ether oxygens (including phenoxy) is 1. The van der Waals surface area contributed by atoms with Crippen LogP contribution in [0.1, 0.15) is 69.3 Å². The molecule has 1 atom stereocenters. The van der Waals surface area contributed by atoms with Crippen LogP contribution in [0.25, 0.3) is 6.08 Å². The van der Waals surface area contributed by atoms with Crippen LogP contribution in [0.5, 0.6) is 0 Å². The number of fused-ring (bicyclic) bond motifs is 1. The van der Waals surface area contributed by atoms with Crippen LogP contribution < -0.4 is 16.0 Å². The van der Waals surface area contributed by atoms with Gasteiger partial charge < -0.3 is 20.7 Å². The summed E-state index contributed by atoms with van der Waals surface area (Å²) in [6, 6.07) is 23.3. The summed E-state index contributed by atoms with van der Waals surface area (Å²) in [5.74, 6) is -1.55. The van der Waals surface area contributed by atoms with E-state index in [2.05, 4.69) is 31.9 Å². The van der Waals surface area contributed by atoms with Gasteiger partial charge in [0.15, 0.2) is 0 Å². The highest BCUT2D eigenvalue weighted by atomic mass is 79.9. The first-order chi connectivity index (χ1) is 23.2. The second-order valence-corrected chi connectivity index (χ2v) is 14.5. The van der Waals surface area contributed by atoms with E-state index < -0.39 is 23.0 Å². The molecule has 1 aliphatic carbocycles. The molecule has 248 valence electrons. The van der Waals surface area contributed by atoms with Gasteiger partial charge in [0, 0.05) is 25.5 Å². The van der Waals surface area contributed by atoms with Crippen molar-refractivity contribution in [2.75, 3.05) is 17.7 Å². The van der Waals surface area contributed by atoms with Crippen molar-refractivity contribution in [2.24, 2.45) is 0 Å². The van der Waals surface area contributed by atoms with Gasteiger partial charge in [-0.25, -0.2) is 4.79 Å². The third-order valence-electron chi connectivity index (χ3n) is 7.77. The Kier molecular flexibility index (Phi) is 12.3. The molecule has 4 aromatic rings. The predicted molar refractivity (Wildman–Crippen MR) is 197 cm³/mol. The van der Waals surface area contributed by atoms with Gasteiger partial charge in [-0.2, -0.15) is 0 Å². The summed E-state index contributed by atoms with van der Waals surface area (Å²) < 4.78 is 5.93. The Morgan fingerprint density at radius 3 is 2.46 bits per heavy atom. The number of anilines is 2. The number of amides is 3. The quantitative estimate of drug-likeness (QED) is 0.0615. The van der Waals surface area contributed by atoms with E-state index in [1.807, 2.05) is 43.3 Å². The van der Waals surface area contributed by atoms with Gasteiger partial charge in [0.1, 0.15) is 10.7 Å². The second-order valence-electron chi connectivity index (χ2n) is 11.2. The van der Waals surface area contributed by atoms with Crippen LogP contribution in [0.2, 0.25) is 0 Å². The number of carbonyl (C=O) groups excluding carboxylic acids is 4. The van der Waals surface area contributed by atoms with Crippen molar-refractivity contribution in [2.45, 2.75) is 55.6 Å². The minimum absolute atomic E-state index is 0.0709. The van der Waals surface area contributed by atoms with Gasteiger partial charge in [0.25, 0.3) is 11.8 Å². The lowest BCUT2D eigenvalue weighted by Crippen LogP contribution is -2.30. The first-order valence-corrected chi connectivity index (χ1v) is 18.2. The number of halogens is 1. The summed E-state index contributed by atoms with van der Waals surface area (Å²) in [4.78, 5) is 54.8. The Balaban J connectivity index is 1.32. The van der Waals surface area contributed by atoms with Gasteiger partial charge in [-0.05, 0) is 91.8 Å². The maximum Gasteiger partial charge on any atom is 0.341 e. The van der Waals surface area contributed by atoms with Gasteiger partial charge in [-0.1, -0.05) is 65.7 Å². The van der Waals surface area contributed by atoms with Crippen molar-refractivity contribution < 1.29 is 23.9 Å². The third kappa shape index (κ3) is 9.03. The van der Waals surface area contributed by atoms with Crippen LogP contribution in [0.3, 0.4) is 0 Å². The van der Waals surface area contributed by atoms with Crippen molar-refractivity contribution in [3.8, 4) is 0 Å². The molecule has 3 N–H and O–H groups in total. The van der Waals surface area contributed by atoms with Crippen LogP contribution in [-0.2, 0) is 27.2 Å². The normalized spacial score (nSPS) is 13.4. The molecule has 0 saturated heterocycles. The molecule has 48 heavy (non-hydrogen) atoms. The number of hydrogen-bond acceptors (Lipinski definition) is 7. The monoisotopic (exact) mass is 745 g/mol. The number of thioether (sulfide) groups is 1. The van der Waals surface area contributed by atoms with Crippen molar-refractivity contribution in [3.63, 3.8) is 0 Å². The van der Waals surface area contributed by atoms with Crippen LogP contribution in [-0.4, -0.2) is 36.1 Å². The molecule has 1 heterocycles. The highest BCUT2D eigenvalue weighted by molar-refractivity contribution is 9.10. The minimum atomic E-state index is -0.501. The zero-order valence-electron chi connectivity index (χ0n) is 26.6. The maximum atomic E-state index is 13.6. The average molecular weight is 747 g/mol. The van der Waals surface area contributed by atoms with Crippen molar-refractivity contribution >= 4 is 79.5 Å². The minimum Gasteiger partial charge on any atom is -0.465 e. The largest absolute Gasteiger partial charge is 0.465 e. The van der Waals surface area contributed by atoms with Crippen LogP contribution in [0.15, 0.2) is 93.9 Å². The van der Waals surface area contributed by atoms with E-state index in [9.17, 15) is 19.2 Å². The number of esters is 1. The Morgan fingerprint density at radius 1 is 0.938 bits per heavy atom. The number of rotatable bonds is 11. The molecule has 0 bridgehead atoms. The number of thiophene rings is 1. The van der Waals surface area contributed by atoms with Crippen LogP contribution >= 0.6 is 39.0 Å². The zero-order valence-corrected chi connectivity index (χ0v) is 29.9. The van der Waals surface area contributed by atoms with Crippen molar-refractivity contribution in [1.82, 2.24) is 5.32 Å². The van der Waals surface area contributed by atoms with E-state index in [0.29, 0.717) is 28.2 Å². The van der Waals surface area contributed by atoms with E-state index in [1.54, 1.807) is 48.5 Å². The van der Waals surface area contributed by atoms with Gasteiger partial charge in [0.2, 0.25) is 5.91 Å². The Labute approximate surface area is 296 Å². The summed E-state index contributed by atoms with van der Waals surface area (Å²) in [6.45, 7) is 1.93. The molecule has 5 rings (SSSR count). The molecule has 0 spiro atoms. The topological polar surface area (TPSA) is 114 Å². The summed E-state index contributed by atoms with van der Waals surface area (Å²) in [5.41, 5.74) is 3.19. The molecule has 0 radical (unpaired) electrons. The Bertz CT molecular complexity index is 1840. The molecular formula is C37H36BrN3O5S2. The molecule has 1 aliphatic rings. The zero-order chi connectivity index (χ0) is 34.0. The molecule has 1 aromatic heterocycles. The fraction of sp³-hybridized carbons (Fsp3) is 0.243. The van der Waals surface area contributed by atoms with Crippen LogP contribution in [0.4, 0.5) is 10.7 Å². The third-order valence-corrected chi connectivity index (χ3v) is 10.8. The summed E-state index contributed by atoms with van der Waals surface area (Å²) >= 11 is 6.30. The lowest BCUT2D eigenvalue weighted by Gasteiger charge is -2.16. The van der Waals surface area contributed by atoms with E-state index in [4.69, 9.17) is 4.74 Å². The molecule has 0 saturated carbocycles. The molecule has 1 unspecified atom stereocenters. The Hall–Kier alpha value is -4.19. The lowest BCUT2D eigenvalue weighted by molar-refractivity contribution is -0.116. The second kappa shape index (κ2) is 16.8. The number of aryl methyl sites for hydroxylation is 1. The SMILES string of the molecule is CCC(Sc1cccc(NC(=O)/C(=C\c2cccc(Br)c2)NC(=O)c2ccccc2)c1)C(=O)Nc1sc2c(c1C(=O)OC)CCCCC2. The fourth-order valence-corrected chi connectivity index (χ4v) is 8.09. The number of nitrogens with one attached hydrogen (secondary N) is 3. The van der Waals surface area contributed by atoms with E-state index in [1.165, 1.54) is 30.2 Å². The van der Waals surface area contributed by atoms with Gasteiger partial charge in [-0.15, -0.1) is 23.1 Å². The summed E-state index contributed by atoms with van der Waals surface area (Å²) in [7, 11) is 1.36. The standard InChI is InChI=1S/C37H36BrN3O5S2/c1-3-30(35(44)41-36-32(37(45)46-2)28-18-8-5-9-19-31(28)48-36)47-27-17-11-16-26(22-27)39-34(43)29(21-23-12-10-15-25(38)20-23)40-33(42)24-13-6-4-7-14-24/h4,6-7,10-17,20-22,30H,3,5,8-9,18-19H2,1-2H3,(H,39,43)(H,40,42)(H,41,44)/b29-21+.